The first-order valence-corrected chi connectivity index (χ1v) is 8.19. The lowest BCUT2D eigenvalue weighted by atomic mass is 10.2. The third-order valence-electron chi connectivity index (χ3n) is 2.97. The monoisotopic (exact) mass is 395 g/mol. The van der Waals surface area contributed by atoms with Gasteiger partial charge in [-0.05, 0) is 55.1 Å². The fraction of sp³-hybridized carbons (Fsp3) is 0.0667. The summed E-state index contributed by atoms with van der Waals surface area (Å²) in [6.45, 7) is 1.97. The molecule has 2 aromatic carbocycles. The summed E-state index contributed by atoms with van der Waals surface area (Å²) in [6, 6.07) is 11.7. The second-order valence-corrected chi connectivity index (χ2v) is 6.17. The Bertz CT molecular complexity index is 831. The van der Waals surface area contributed by atoms with Crippen LogP contribution in [-0.4, -0.2) is 15.1 Å². The van der Waals surface area contributed by atoms with E-state index in [-0.39, 0.29) is 10.8 Å². The highest BCUT2D eigenvalue weighted by Crippen LogP contribution is 2.26. The second-order valence-electron chi connectivity index (χ2n) is 4.95. The predicted molar refractivity (Wildman–Crippen MR) is 108 cm³/mol. The van der Waals surface area contributed by atoms with Crippen molar-refractivity contribution in [1.29, 1.82) is 0 Å². The number of nitrogens with zero attached hydrogens (tertiary/aromatic N) is 1. The molecule has 0 aliphatic carbocycles. The van der Waals surface area contributed by atoms with Crippen molar-refractivity contribution in [2.45, 2.75) is 6.92 Å². The smallest absolute Gasteiger partial charge is 0.271 e. The zero-order chi connectivity index (χ0) is 18.4. The SMILES string of the molecule is Cc1cccc(NC(=S)NNC(=S)Nc2cc([N+](=O)[O-])ccc2Cl)c1. The number of hydrogen-bond acceptors (Lipinski definition) is 4. The number of nitrogens with one attached hydrogen (secondary N) is 4. The van der Waals surface area contributed by atoms with Crippen LogP contribution in [0.5, 0.6) is 0 Å². The Hall–Kier alpha value is -2.49. The minimum absolute atomic E-state index is 0.0979. The summed E-state index contributed by atoms with van der Waals surface area (Å²) in [5.74, 6) is 0. The molecule has 0 aliphatic heterocycles. The Morgan fingerprint density at radius 1 is 1.08 bits per heavy atom. The van der Waals surface area contributed by atoms with Crippen molar-refractivity contribution < 1.29 is 4.92 Å². The highest BCUT2D eigenvalue weighted by atomic mass is 35.5. The lowest BCUT2D eigenvalue weighted by molar-refractivity contribution is -0.384. The highest BCUT2D eigenvalue weighted by Gasteiger charge is 2.10. The molecule has 0 bridgehead atoms. The summed E-state index contributed by atoms with van der Waals surface area (Å²) in [5.41, 5.74) is 7.54. The molecule has 0 heterocycles. The van der Waals surface area contributed by atoms with Gasteiger partial charge >= 0.3 is 0 Å². The van der Waals surface area contributed by atoms with Gasteiger partial charge in [0, 0.05) is 17.8 Å². The molecule has 2 rings (SSSR count). The molecular weight excluding hydrogens is 382 g/mol. The van der Waals surface area contributed by atoms with E-state index in [1.54, 1.807) is 0 Å². The number of aryl methyl sites for hydroxylation is 1. The number of hydrogen-bond donors (Lipinski definition) is 4. The molecule has 2 aromatic rings. The summed E-state index contributed by atoms with van der Waals surface area (Å²) >= 11 is 16.3. The summed E-state index contributed by atoms with van der Waals surface area (Å²) in [5, 5.41) is 17.3. The molecule has 7 nitrogen and oxygen atoms in total. The molecule has 0 atom stereocenters. The third-order valence-corrected chi connectivity index (χ3v) is 3.71. The average molecular weight is 396 g/mol. The van der Waals surface area contributed by atoms with Crippen LogP contribution in [0.25, 0.3) is 0 Å². The first kappa shape index (κ1) is 18.8. The van der Waals surface area contributed by atoms with Gasteiger partial charge in [-0.3, -0.25) is 21.0 Å². The fourth-order valence-electron chi connectivity index (χ4n) is 1.87. The lowest BCUT2D eigenvalue weighted by Gasteiger charge is -2.15. The summed E-state index contributed by atoms with van der Waals surface area (Å²) in [6.07, 6.45) is 0. The average Bonchev–Trinajstić information content (AvgIpc) is 2.55. The molecule has 0 aliphatic rings. The molecular formula is C15H14ClN5O2S2. The maximum atomic E-state index is 10.8. The van der Waals surface area contributed by atoms with Crippen LogP contribution in [0.4, 0.5) is 17.1 Å². The highest BCUT2D eigenvalue weighted by molar-refractivity contribution is 7.81. The quantitative estimate of drug-likeness (QED) is 0.355. The van der Waals surface area contributed by atoms with Crippen molar-refractivity contribution in [2.75, 3.05) is 10.6 Å². The zero-order valence-electron chi connectivity index (χ0n) is 13.0. The first-order valence-electron chi connectivity index (χ1n) is 7.00. The largest absolute Gasteiger partial charge is 0.331 e. The van der Waals surface area contributed by atoms with Crippen LogP contribution in [0, 0.1) is 17.0 Å². The molecule has 0 saturated heterocycles. The van der Waals surface area contributed by atoms with E-state index in [9.17, 15) is 10.1 Å². The third kappa shape index (κ3) is 5.82. The van der Waals surface area contributed by atoms with Gasteiger partial charge in [0.25, 0.3) is 5.69 Å². The molecule has 0 amide bonds. The fourth-order valence-corrected chi connectivity index (χ4v) is 2.37. The first-order chi connectivity index (χ1) is 11.8. The van der Waals surface area contributed by atoms with Gasteiger partial charge in [0.1, 0.15) is 0 Å². The number of nitro groups is 1. The van der Waals surface area contributed by atoms with Crippen LogP contribution in [-0.2, 0) is 0 Å². The summed E-state index contributed by atoms with van der Waals surface area (Å²) in [7, 11) is 0. The van der Waals surface area contributed by atoms with Crippen LogP contribution >= 0.6 is 36.0 Å². The second kappa shape index (κ2) is 8.56. The Morgan fingerprint density at radius 2 is 1.76 bits per heavy atom. The van der Waals surface area contributed by atoms with Gasteiger partial charge in [-0.2, -0.15) is 0 Å². The summed E-state index contributed by atoms with van der Waals surface area (Å²) in [4.78, 5) is 10.3. The van der Waals surface area contributed by atoms with Gasteiger partial charge in [-0.1, -0.05) is 23.7 Å². The Labute approximate surface area is 159 Å². The van der Waals surface area contributed by atoms with Crippen LogP contribution < -0.4 is 21.5 Å². The normalized spacial score (nSPS) is 9.84. The topological polar surface area (TPSA) is 91.3 Å². The molecule has 0 unspecified atom stereocenters. The number of nitro benzene ring substituents is 1. The van der Waals surface area contributed by atoms with Crippen molar-refractivity contribution in [1.82, 2.24) is 10.9 Å². The van der Waals surface area contributed by atoms with Crippen LogP contribution in [0.1, 0.15) is 5.56 Å². The van der Waals surface area contributed by atoms with Crippen molar-refractivity contribution in [3.63, 3.8) is 0 Å². The van der Waals surface area contributed by atoms with E-state index in [4.69, 9.17) is 36.0 Å². The van der Waals surface area contributed by atoms with Gasteiger partial charge in [0.15, 0.2) is 10.2 Å². The van der Waals surface area contributed by atoms with E-state index in [0.29, 0.717) is 15.8 Å². The van der Waals surface area contributed by atoms with Crippen LogP contribution in [0.2, 0.25) is 5.02 Å². The predicted octanol–water partition coefficient (Wildman–Crippen LogP) is 3.74. The van der Waals surface area contributed by atoms with E-state index in [1.807, 2.05) is 31.2 Å². The van der Waals surface area contributed by atoms with Gasteiger partial charge in [-0.25, -0.2) is 0 Å². The molecule has 10 heteroatoms. The number of anilines is 2. The molecule has 0 radical (unpaired) electrons. The van der Waals surface area contributed by atoms with Crippen molar-refractivity contribution in [2.24, 2.45) is 0 Å². The van der Waals surface area contributed by atoms with Gasteiger partial charge in [0.2, 0.25) is 0 Å². The number of non-ortho nitro benzene ring substituents is 1. The minimum Gasteiger partial charge on any atom is -0.331 e. The Kier molecular flexibility index (Phi) is 6.45. The standard InChI is InChI=1S/C15H14ClN5O2S2/c1-9-3-2-4-10(7-9)17-14(24)19-20-15(25)18-13-8-11(21(22)23)5-6-12(13)16/h2-8H,1H3,(H2,17,19,24)(H2,18,20,25). The number of rotatable bonds is 3. The molecule has 0 fully saturated rings. The number of benzene rings is 2. The van der Waals surface area contributed by atoms with E-state index in [0.717, 1.165) is 11.3 Å². The zero-order valence-corrected chi connectivity index (χ0v) is 15.4. The van der Waals surface area contributed by atoms with Crippen molar-refractivity contribution >= 4 is 63.3 Å². The van der Waals surface area contributed by atoms with E-state index in [2.05, 4.69) is 21.5 Å². The van der Waals surface area contributed by atoms with Crippen LogP contribution in [0.15, 0.2) is 42.5 Å². The van der Waals surface area contributed by atoms with Gasteiger partial charge in [0.05, 0.1) is 15.6 Å². The number of hydrazine groups is 1. The molecule has 4 N–H and O–H groups in total. The van der Waals surface area contributed by atoms with E-state index >= 15 is 0 Å². The Balaban J connectivity index is 1.89. The lowest BCUT2D eigenvalue weighted by Crippen LogP contribution is -2.45. The van der Waals surface area contributed by atoms with Gasteiger partial charge < -0.3 is 10.6 Å². The molecule has 0 saturated carbocycles. The molecule has 0 spiro atoms. The van der Waals surface area contributed by atoms with E-state index in [1.165, 1.54) is 18.2 Å². The molecule has 130 valence electrons. The maximum absolute atomic E-state index is 10.8. The van der Waals surface area contributed by atoms with E-state index < -0.39 is 4.92 Å². The number of halogens is 1. The minimum atomic E-state index is -0.517. The molecule has 25 heavy (non-hydrogen) atoms. The van der Waals surface area contributed by atoms with Crippen LogP contribution in [0.3, 0.4) is 0 Å². The summed E-state index contributed by atoms with van der Waals surface area (Å²) < 4.78 is 0. The maximum Gasteiger partial charge on any atom is 0.271 e. The molecule has 0 aromatic heterocycles. The van der Waals surface area contributed by atoms with Crippen molar-refractivity contribution in [3.8, 4) is 0 Å². The number of thiocarbonyl (C=S) groups is 2. The Morgan fingerprint density at radius 3 is 2.40 bits per heavy atom. The van der Waals surface area contributed by atoms with Crippen molar-refractivity contribution in [3.05, 3.63) is 63.2 Å². The van der Waals surface area contributed by atoms with Gasteiger partial charge in [-0.15, -0.1) is 0 Å².